The lowest BCUT2D eigenvalue weighted by Crippen LogP contribution is -2.27. The molecule has 0 bridgehead atoms. The Hall–Kier alpha value is -2.70. The van der Waals surface area contributed by atoms with Crippen LogP contribution < -0.4 is 14.2 Å². The van der Waals surface area contributed by atoms with Crippen LogP contribution in [0.5, 0.6) is 23.0 Å². The van der Waals surface area contributed by atoms with E-state index in [0.29, 0.717) is 33.4 Å². The Morgan fingerprint density at radius 1 is 1.03 bits per heavy atom. The number of phenolic OH excluding ortho intramolecular Hbond substituents is 1. The summed E-state index contributed by atoms with van der Waals surface area (Å²) in [6.45, 7) is 1.83. The topological polar surface area (TPSA) is 64.1 Å². The van der Waals surface area contributed by atoms with Gasteiger partial charge in [0.15, 0.2) is 11.5 Å². The third-order valence-corrected chi connectivity index (χ3v) is 5.96. The summed E-state index contributed by atoms with van der Waals surface area (Å²) in [4.78, 5) is 6.71. The maximum Gasteiger partial charge on any atom is 0.203 e. The number of aromatic hydroxyl groups is 1. The first-order valence-corrected chi connectivity index (χ1v) is 10.3. The van der Waals surface area contributed by atoms with Gasteiger partial charge in [0, 0.05) is 17.1 Å². The van der Waals surface area contributed by atoms with Crippen molar-refractivity contribution in [3.8, 4) is 23.0 Å². The van der Waals surface area contributed by atoms with Crippen molar-refractivity contribution in [2.45, 2.75) is 18.9 Å². The molecule has 1 N–H and O–H groups in total. The number of benzene rings is 2. The third kappa shape index (κ3) is 3.50. The molecule has 1 aliphatic heterocycles. The number of nitrogens with zero attached hydrogens (tertiary/aromatic N) is 2. The number of phenols is 1. The first-order chi connectivity index (χ1) is 14.6. The van der Waals surface area contributed by atoms with Crippen LogP contribution in [0.4, 0.5) is 0 Å². The van der Waals surface area contributed by atoms with Crippen LogP contribution in [0.15, 0.2) is 36.5 Å². The Kier molecular flexibility index (Phi) is 5.88. The van der Waals surface area contributed by atoms with Gasteiger partial charge in [0.1, 0.15) is 11.3 Å². The number of rotatable bonds is 6. The second-order valence-electron chi connectivity index (χ2n) is 7.30. The number of likely N-dealkylation sites (tertiary alicyclic amines) is 1. The molecule has 0 aliphatic carbocycles. The van der Waals surface area contributed by atoms with Crippen LogP contribution in [-0.2, 0) is 0 Å². The van der Waals surface area contributed by atoms with Crippen LogP contribution in [0.1, 0.15) is 30.0 Å². The highest BCUT2D eigenvalue weighted by molar-refractivity contribution is 6.35. The van der Waals surface area contributed by atoms with Gasteiger partial charge in [-0.25, -0.2) is 0 Å². The van der Waals surface area contributed by atoms with Crippen molar-refractivity contribution >= 4 is 22.5 Å². The molecule has 0 amide bonds. The molecule has 1 atom stereocenters. The summed E-state index contributed by atoms with van der Waals surface area (Å²) in [6, 6.07) is 9.14. The Bertz CT molecular complexity index is 1040. The van der Waals surface area contributed by atoms with Crippen LogP contribution in [0.25, 0.3) is 10.9 Å². The summed E-state index contributed by atoms with van der Waals surface area (Å²) in [5.41, 5.74) is 2.13. The van der Waals surface area contributed by atoms with Gasteiger partial charge in [-0.2, -0.15) is 0 Å². The fourth-order valence-corrected chi connectivity index (χ4v) is 4.53. The zero-order chi connectivity index (χ0) is 21.3. The van der Waals surface area contributed by atoms with E-state index in [1.54, 1.807) is 27.5 Å². The van der Waals surface area contributed by atoms with E-state index in [1.807, 2.05) is 30.3 Å². The Morgan fingerprint density at radius 3 is 2.30 bits per heavy atom. The smallest absolute Gasteiger partial charge is 0.203 e. The van der Waals surface area contributed by atoms with Crippen LogP contribution in [-0.4, -0.2) is 49.4 Å². The maximum absolute atomic E-state index is 11.2. The third-order valence-electron chi connectivity index (χ3n) is 5.65. The number of fused-ring (bicyclic) bond motifs is 1. The van der Waals surface area contributed by atoms with Crippen molar-refractivity contribution in [1.82, 2.24) is 9.88 Å². The molecule has 2 aromatic carbocycles. The zero-order valence-electron chi connectivity index (χ0n) is 17.3. The summed E-state index contributed by atoms with van der Waals surface area (Å²) in [5.74, 6) is 1.81. The fourth-order valence-electron chi connectivity index (χ4n) is 4.26. The SMILES string of the molecule is COc1cc([C@H](c2cc(Cl)c3cccnc3c2O)N2CCCC2)cc(OC)c1OC. The number of pyridine rings is 1. The number of aromatic nitrogens is 1. The van der Waals surface area contributed by atoms with E-state index in [4.69, 9.17) is 25.8 Å². The predicted molar refractivity (Wildman–Crippen MR) is 117 cm³/mol. The molecular weight excluding hydrogens is 404 g/mol. The lowest BCUT2D eigenvalue weighted by molar-refractivity contribution is 0.272. The summed E-state index contributed by atoms with van der Waals surface area (Å²) in [6.07, 6.45) is 3.86. The second kappa shape index (κ2) is 8.58. The van der Waals surface area contributed by atoms with E-state index < -0.39 is 0 Å². The molecule has 1 aliphatic rings. The van der Waals surface area contributed by atoms with Crippen LogP contribution in [0, 0.1) is 0 Å². The lowest BCUT2D eigenvalue weighted by atomic mass is 9.94. The van der Waals surface area contributed by atoms with Gasteiger partial charge in [-0.3, -0.25) is 9.88 Å². The lowest BCUT2D eigenvalue weighted by Gasteiger charge is -2.30. The maximum atomic E-state index is 11.2. The van der Waals surface area contributed by atoms with Crippen molar-refractivity contribution in [3.05, 3.63) is 52.7 Å². The van der Waals surface area contributed by atoms with Crippen LogP contribution in [0.3, 0.4) is 0 Å². The number of hydrogen-bond acceptors (Lipinski definition) is 6. The molecule has 0 saturated carbocycles. The largest absolute Gasteiger partial charge is 0.505 e. The highest BCUT2D eigenvalue weighted by atomic mass is 35.5. The minimum absolute atomic E-state index is 0.139. The highest BCUT2D eigenvalue weighted by Crippen LogP contribution is 2.46. The molecule has 7 heteroatoms. The molecule has 158 valence electrons. The molecule has 1 saturated heterocycles. The normalized spacial score (nSPS) is 15.3. The van der Waals surface area contributed by atoms with Crippen LogP contribution in [0.2, 0.25) is 5.02 Å². The average Bonchev–Trinajstić information content (AvgIpc) is 3.30. The first-order valence-electron chi connectivity index (χ1n) is 9.89. The monoisotopic (exact) mass is 428 g/mol. The zero-order valence-corrected chi connectivity index (χ0v) is 18.1. The molecule has 30 heavy (non-hydrogen) atoms. The Balaban J connectivity index is 1.95. The van der Waals surface area contributed by atoms with Gasteiger partial charge in [0.2, 0.25) is 5.75 Å². The molecule has 4 rings (SSSR count). The molecule has 0 radical (unpaired) electrons. The van der Waals surface area contributed by atoms with E-state index in [-0.39, 0.29) is 11.8 Å². The van der Waals surface area contributed by atoms with Gasteiger partial charge in [0.05, 0.1) is 32.4 Å². The second-order valence-corrected chi connectivity index (χ2v) is 7.71. The molecular formula is C23H25ClN2O4. The number of methoxy groups -OCH3 is 3. The predicted octanol–water partition coefficient (Wildman–Crippen LogP) is 4.80. The van der Waals surface area contributed by atoms with Crippen LogP contribution >= 0.6 is 11.6 Å². The van der Waals surface area contributed by atoms with Gasteiger partial charge in [-0.15, -0.1) is 0 Å². The van der Waals surface area contributed by atoms with Crippen molar-refractivity contribution < 1.29 is 19.3 Å². The molecule has 3 aromatic rings. The van der Waals surface area contributed by atoms with E-state index in [9.17, 15) is 5.11 Å². The van der Waals surface area contributed by atoms with Gasteiger partial charge in [0.25, 0.3) is 0 Å². The molecule has 6 nitrogen and oxygen atoms in total. The van der Waals surface area contributed by atoms with Crippen molar-refractivity contribution in [1.29, 1.82) is 0 Å². The molecule has 1 aromatic heterocycles. The van der Waals surface area contributed by atoms with Crippen molar-refractivity contribution in [3.63, 3.8) is 0 Å². The van der Waals surface area contributed by atoms with Gasteiger partial charge in [-0.05, 0) is 61.8 Å². The minimum Gasteiger partial charge on any atom is -0.505 e. The van der Waals surface area contributed by atoms with Gasteiger partial charge < -0.3 is 19.3 Å². The van der Waals surface area contributed by atoms with Gasteiger partial charge in [-0.1, -0.05) is 11.6 Å². The average molecular weight is 429 g/mol. The Labute approximate surface area is 181 Å². The summed E-state index contributed by atoms with van der Waals surface area (Å²) in [5, 5.41) is 12.5. The van der Waals surface area contributed by atoms with E-state index in [0.717, 1.165) is 36.9 Å². The van der Waals surface area contributed by atoms with Crippen molar-refractivity contribution in [2.75, 3.05) is 34.4 Å². The quantitative estimate of drug-likeness (QED) is 0.608. The molecule has 2 heterocycles. The first kappa shape index (κ1) is 20.6. The van der Waals surface area contributed by atoms with Crippen molar-refractivity contribution in [2.24, 2.45) is 0 Å². The van der Waals surface area contributed by atoms with E-state index >= 15 is 0 Å². The number of ether oxygens (including phenoxy) is 3. The summed E-state index contributed by atoms with van der Waals surface area (Å²) in [7, 11) is 4.78. The molecule has 0 spiro atoms. The van der Waals surface area contributed by atoms with Gasteiger partial charge >= 0.3 is 0 Å². The standard InChI is InChI=1S/C23H25ClN2O4/c1-28-18-11-14(12-19(29-2)23(18)30-3)21(26-9-4-5-10-26)16-13-17(24)15-7-6-8-25-20(15)22(16)27/h6-8,11-13,21,27H,4-5,9-10H2,1-3H3/t21-/m1/s1. The summed E-state index contributed by atoms with van der Waals surface area (Å²) >= 11 is 6.60. The highest BCUT2D eigenvalue weighted by Gasteiger charge is 2.30. The fraction of sp³-hybridized carbons (Fsp3) is 0.348. The number of hydrogen-bond donors (Lipinski definition) is 1. The summed E-state index contributed by atoms with van der Waals surface area (Å²) < 4.78 is 16.6. The Morgan fingerprint density at radius 2 is 1.70 bits per heavy atom. The minimum atomic E-state index is -0.231. The molecule has 1 fully saturated rings. The van der Waals surface area contributed by atoms with E-state index in [1.165, 1.54) is 0 Å². The van der Waals surface area contributed by atoms with E-state index in [2.05, 4.69) is 9.88 Å². The molecule has 0 unspecified atom stereocenters. The number of halogens is 1.